The molecule has 1 aromatic rings. The van der Waals surface area contributed by atoms with E-state index in [-0.39, 0.29) is 6.10 Å². The molecule has 5 unspecified atom stereocenters. The summed E-state index contributed by atoms with van der Waals surface area (Å²) in [7, 11) is 0. The molecule has 0 aromatic carbocycles. The molecular weight excluding hydrogens is 216 g/mol. The van der Waals surface area contributed by atoms with Crippen LogP contribution in [0.5, 0.6) is 0 Å². The van der Waals surface area contributed by atoms with Gasteiger partial charge in [-0.15, -0.1) is 11.3 Å². The Hall–Kier alpha value is -0.340. The molecule has 1 aromatic heterocycles. The highest BCUT2D eigenvalue weighted by molar-refractivity contribution is 7.10. The van der Waals surface area contributed by atoms with Gasteiger partial charge in [-0.3, -0.25) is 0 Å². The van der Waals surface area contributed by atoms with Crippen LogP contribution < -0.4 is 0 Å². The molecule has 4 rings (SSSR count). The summed E-state index contributed by atoms with van der Waals surface area (Å²) in [4.78, 5) is 1.24. The van der Waals surface area contributed by atoms with Crippen molar-refractivity contribution in [2.45, 2.75) is 32.3 Å². The standard InChI is InChI=1S/C14H18OS/c1-7-4-5-16-14(7)13(15)12-10-8-2-3-9(6-8)11(10)12/h4-5,8-13,15H,2-3,6H2,1H3. The van der Waals surface area contributed by atoms with Crippen LogP contribution in [0.4, 0.5) is 0 Å². The van der Waals surface area contributed by atoms with Crippen molar-refractivity contribution >= 4 is 11.3 Å². The molecule has 1 N–H and O–H groups in total. The van der Waals surface area contributed by atoms with E-state index in [1.54, 1.807) is 11.3 Å². The van der Waals surface area contributed by atoms with E-state index >= 15 is 0 Å². The second-order valence-corrected chi connectivity index (χ2v) is 6.93. The third kappa shape index (κ3) is 1.10. The lowest BCUT2D eigenvalue weighted by molar-refractivity contribution is 0.133. The lowest BCUT2D eigenvalue weighted by atomic mass is 9.97. The zero-order valence-electron chi connectivity index (χ0n) is 9.60. The molecule has 0 radical (unpaired) electrons. The van der Waals surface area contributed by atoms with E-state index in [1.807, 2.05) is 0 Å². The van der Waals surface area contributed by atoms with Crippen molar-refractivity contribution < 1.29 is 5.11 Å². The molecule has 5 atom stereocenters. The Morgan fingerprint density at radius 2 is 2.00 bits per heavy atom. The number of thiophene rings is 1. The van der Waals surface area contributed by atoms with Crippen LogP contribution in [0.1, 0.15) is 35.8 Å². The zero-order chi connectivity index (χ0) is 10.9. The second kappa shape index (κ2) is 3.11. The topological polar surface area (TPSA) is 20.2 Å². The number of fused-ring (bicyclic) bond motifs is 5. The third-order valence-electron chi connectivity index (χ3n) is 5.33. The van der Waals surface area contributed by atoms with Gasteiger partial charge in [0.25, 0.3) is 0 Å². The monoisotopic (exact) mass is 234 g/mol. The Morgan fingerprint density at radius 1 is 1.31 bits per heavy atom. The first-order valence-corrected chi connectivity index (χ1v) is 7.37. The van der Waals surface area contributed by atoms with Gasteiger partial charge in [-0.2, -0.15) is 0 Å². The number of hydrogen-bond acceptors (Lipinski definition) is 2. The van der Waals surface area contributed by atoms with E-state index in [9.17, 15) is 5.11 Å². The smallest absolute Gasteiger partial charge is 0.0918 e. The molecular formula is C14H18OS. The minimum Gasteiger partial charge on any atom is -0.387 e. The van der Waals surface area contributed by atoms with Crippen LogP contribution in [0.25, 0.3) is 0 Å². The third-order valence-corrected chi connectivity index (χ3v) is 6.42. The number of aryl methyl sites for hydroxylation is 1. The minimum absolute atomic E-state index is 0.154. The molecule has 3 fully saturated rings. The fourth-order valence-corrected chi connectivity index (χ4v) is 5.65. The fraction of sp³-hybridized carbons (Fsp3) is 0.714. The molecule has 2 heteroatoms. The van der Waals surface area contributed by atoms with Crippen molar-refractivity contribution in [2.24, 2.45) is 29.6 Å². The van der Waals surface area contributed by atoms with Crippen LogP contribution in [-0.4, -0.2) is 5.11 Å². The highest BCUT2D eigenvalue weighted by Gasteiger charge is 2.66. The summed E-state index contributed by atoms with van der Waals surface area (Å²) in [5.74, 6) is 4.32. The first-order valence-electron chi connectivity index (χ1n) is 6.49. The highest BCUT2D eigenvalue weighted by Crippen LogP contribution is 2.72. The van der Waals surface area contributed by atoms with E-state index in [0.29, 0.717) is 5.92 Å². The van der Waals surface area contributed by atoms with Crippen LogP contribution in [-0.2, 0) is 0 Å². The fourth-order valence-electron chi connectivity index (χ4n) is 4.68. The Bertz CT molecular complexity index is 408. The largest absolute Gasteiger partial charge is 0.387 e. The van der Waals surface area contributed by atoms with Crippen LogP contribution in [0.15, 0.2) is 11.4 Å². The van der Waals surface area contributed by atoms with Gasteiger partial charge in [-0.1, -0.05) is 0 Å². The summed E-state index contributed by atoms with van der Waals surface area (Å²) in [6, 6.07) is 2.13. The quantitative estimate of drug-likeness (QED) is 0.831. The van der Waals surface area contributed by atoms with E-state index in [1.165, 1.54) is 29.7 Å². The molecule has 3 aliphatic rings. The predicted octanol–water partition coefficient (Wildman–Crippen LogP) is 3.38. The van der Waals surface area contributed by atoms with Gasteiger partial charge in [0.2, 0.25) is 0 Å². The number of rotatable bonds is 2. The van der Waals surface area contributed by atoms with Crippen molar-refractivity contribution in [3.8, 4) is 0 Å². The normalized spacial score (nSPS) is 45.8. The van der Waals surface area contributed by atoms with E-state index in [4.69, 9.17) is 0 Å². The predicted molar refractivity (Wildman–Crippen MR) is 65.3 cm³/mol. The number of hydrogen-bond donors (Lipinski definition) is 1. The Kier molecular flexibility index (Phi) is 1.88. The molecule has 0 aliphatic heterocycles. The molecule has 0 spiro atoms. The van der Waals surface area contributed by atoms with Gasteiger partial charge >= 0.3 is 0 Å². The molecule has 0 amide bonds. The van der Waals surface area contributed by atoms with Crippen molar-refractivity contribution in [2.75, 3.05) is 0 Å². The molecule has 3 saturated carbocycles. The Balaban J connectivity index is 1.59. The lowest BCUT2D eigenvalue weighted by Crippen LogP contribution is -2.07. The average molecular weight is 234 g/mol. The maximum absolute atomic E-state index is 10.5. The SMILES string of the molecule is Cc1ccsc1C(O)C1C2C3CCC(C3)C21. The van der Waals surface area contributed by atoms with E-state index < -0.39 is 0 Å². The summed E-state index contributed by atoms with van der Waals surface area (Å²) >= 11 is 1.74. The second-order valence-electron chi connectivity index (χ2n) is 5.98. The van der Waals surface area contributed by atoms with Gasteiger partial charge in [0.1, 0.15) is 0 Å². The zero-order valence-corrected chi connectivity index (χ0v) is 10.4. The van der Waals surface area contributed by atoms with Crippen molar-refractivity contribution in [3.63, 3.8) is 0 Å². The van der Waals surface area contributed by atoms with Gasteiger partial charge < -0.3 is 5.11 Å². The average Bonchev–Trinajstić information content (AvgIpc) is 2.67. The molecule has 0 saturated heterocycles. The first kappa shape index (κ1) is 9.67. The summed E-state index contributed by atoms with van der Waals surface area (Å²) in [5, 5.41) is 12.6. The van der Waals surface area contributed by atoms with Crippen molar-refractivity contribution in [3.05, 3.63) is 21.9 Å². The molecule has 3 aliphatic carbocycles. The van der Waals surface area contributed by atoms with Crippen LogP contribution in [0.3, 0.4) is 0 Å². The van der Waals surface area contributed by atoms with Gasteiger partial charge in [0, 0.05) is 4.88 Å². The first-order chi connectivity index (χ1) is 7.77. The minimum atomic E-state index is -0.154. The highest BCUT2D eigenvalue weighted by atomic mass is 32.1. The van der Waals surface area contributed by atoms with Crippen LogP contribution in [0, 0.1) is 36.5 Å². The molecule has 1 heterocycles. The number of aliphatic hydroxyl groups is 1. The van der Waals surface area contributed by atoms with Gasteiger partial charge in [0.15, 0.2) is 0 Å². The van der Waals surface area contributed by atoms with Crippen LogP contribution >= 0.6 is 11.3 Å². The molecule has 2 bridgehead atoms. The summed E-state index contributed by atoms with van der Waals surface area (Å²) in [5.41, 5.74) is 1.29. The molecule has 1 nitrogen and oxygen atoms in total. The molecule has 16 heavy (non-hydrogen) atoms. The van der Waals surface area contributed by atoms with Crippen molar-refractivity contribution in [1.29, 1.82) is 0 Å². The van der Waals surface area contributed by atoms with Gasteiger partial charge in [0.05, 0.1) is 6.10 Å². The van der Waals surface area contributed by atoms with E-state index in [0.717, 1.165) is 23.7 Å². The maximum atomic E-state index is 10.5. The van der Waals surface area contributed by atoms with Gasteiger partial charge in [-0.25, -0.2) is 0 Å². The lowest BCUT2D eigenvalue weighted by Gasteiger charge is -2.14. The molecule has 86 valence electrons. The summed E-state index contributed by atoms with van der Waals surface area (Å²) < 4.78 is 0. The van der Waals surface area contributed by atoms with Crippen molar-refractivity contribution in [1.82, 2.24) is 0 Å². The van der Waals surface area contributed by atoms with Gasteiger partial charge in [-0.05, 0) is 72.8 Å². The Labute approximate surface area is 100 Å². The summed E-state index contributed by atoms with van der Waals surface area (Å²) in [6.07, 6.45) is 4.21. The number of aliphatic hydroxyl groups excluding tert-OH is 1. The summed E-state index contributed by atoms with van der Waals surface area (Å²) in [6.45, 7) is 2.13. The van der Waals surface area contributed by atoms with E-state index in [2.05, 4.69) is 18.4 Å². The maximum Gasteiger partial charge on any atom is 0.0918 e. The van der Waals surface area contributed by atoms with Crippen LogP contribution in [0.2, 0.25) is 0 Å². The Morgan fingerprint density at radius 3 is 2.56 bits per heavy atom.